The number of carbonyl (C=O) groups is 1. The molecule has 6 heteroatoms. The van der Waals surface area contributed by atoms with E-state index in [1.165, 1.54) is 0 Å². The van der Waals surface area contributed by atoms with E-state index in [-0.39, 0.29) is 18.1 Å². The van der Waals surface area contributed by atoms with Crippen LogP contribution in [0.25, 0.3) is 0 Å². The lowest BCUT2D eigenvalue weighted by Gasteiger charge is -2.18. The van der Waals surface area contributed by atoms with Gasteiger partial charge in [0.2, 0.25) is 5.91 Å². The fourth-order valence-corrected chi connectivity index (χ4v) is 0.989. The SMILES string of the molecule is CC(C)(C)OCC(=O)NCc1cn[nH]c1N. The van der Waals surface area contributed by atoms with Gasteiger partial charge in [0.15, 0.2) is 0 Å². The molecule has 0 fully saturated rings. The van der Waals surface area contributed by atoms with E-state index in [4.69, 9.17) is 10.5 Å². The molecule has 16 heavy (non-hydrogen) atoms. The van der Waals surface area contributed by atoms with Crippen molar-refractivity contribution in [2.75, 3.05) is 12.3 Å². The molecule has 0 saturated carbocycles. The van der Waals surface area contributed by atoms with Gasteiger partial charge in [0.05, 0.1) is 11.8 Å². The smallest absolute Gasteiger partial charge is 0.246 e. The number of aromatic nitrogens is 2. The van der Waals surface area contributed by atoms with Crippen LogP contribution in [0.1, 0.15) is 26.3 Å². The van der Waals surface area contributed by atoms with Crippen molar-refractivity contribution >= 4 is 11.7 Å². The number of H-pyrrole nitrogens is 1. The molecule has 1 aromatic heterocycles. The van der Waals surface area contributed by atoms with Crippen molar-refractivity contribution in [2.45, 2.75) is 32.9 Å². The average Bonchev–Trinajstić information content (AvgIpc) is 2.57. The molecule has 1 amide bonds. The lowest BCUT2D eigenvalue weighted by molar-refractivity contribution is -0.130. The third-order valence-corrected chi connectivity index (χ3v) is 1.86. The van der Waals surface area contributed by atoms with Crippen LogP contribution in [0.4, 0.5) is 5.82 Å². The van der Waals surface area contributed by atoms with Crippen LogP contribution in [0.2, 0.25) is 0 Å². The zero-order valence-electron chi connectivity index (χ0n) is 9.83. The molecule has 4 N–H and O–H groups in total. The Morgan fingerprint density at radius 1 is 1.62 bits per heavy atom. The van der Waals surface area contributed by atoms with E-state index in [2.05, 4.69) is 15.5 Å². The molecule has 6 nitrogen and oxygen atoms in total. The number of nitrogen functional groups attached to an aromatic ring is 1. The Morgan fingerprint density at radius 3 is 2.81 bits per heavy atom. The molecule has 1 rings (SSSR count). The number of hydrogen-bond acceptors (Lipinski definition) is 4. The van der Waals surface area contributed by atoms with Crippen LogP contribution in [-0.4, -0.2) is 28.3 Å². The number of anilines is 1. The maximum absolute atomic E-state index is 11.4. The molecule has 0 atom stereocenters. The van der Waals surface area contributed by atoms with Gasteiger partial charge in [-0.05, 0) is 20.8 Å². The van der Waals surface area contributed by atoms with Gasteiger partial charge in [0, 0.05) is 12.1 Å². The molecule has 0 unspecified atom stereocenters. The number of nitrogens with zero attached hydrogens (tertiary/aromatic N) is 1. The average molecular weight is 226 g/mol. The van der Waals surface area contributed by atoms with Gasteiger partial charge < -0.3 is 15.8 Å². The van der Waals surface area contributed by atoms with Crippen LogP contribution in [0.5, 0.6) is 0 Å². The fourth-order valence-electron chi connectivity index (χ4n) is 0.989. The highest BCUT2D eigenvalue weighted by Crippen LogP contribution is 2.06. The van der Waals surface area contributed by atoms with Crippen LogP contribution in [-0.2, 0) is 16.1 Å². The Labute approximate surface area is 94.5 Å². The summed E-state index contributed by atoms with van der Waals surface area (Å²) < 4.78 is 5.32. The van der Waals surface area contributed by atoms with Crippen LogP contribution in [0, 0.1) is 0 Å². The normalized spacial score (nSPS) is 11.4. The largest absolute Gasteiger partial charge is 0.384 e. The van der Waals surface area contributed by atoms with E-state index in [9.17, 15) is 4.79 Å². The molecule has 0 bridgehead atoms. The lowest BCUT2D eigenvalue weighted by Crippen LogP contribution is -2.31. The number of rotatable bonds is 4. The summed E-state index contributed by atoms with van der Waals surface area (Å²) in [4.78, 5) is 11.4. The van der Waals surface area contributed by atoms with Gasteiger partial charge >= 0.3 is 0 Å². The van der Waals surface area contributed by atoms with Crippen molar-refractivity contribution in [1.29, 1.82) is 0 Å². The summed E-state index contributed by atoms with van der Waals surface area (Å²) >= 11 is 0. The van der Waals surface area contributed by atoms with Gasteiger partial charge in [-0.3, -0.25) is 9.89 Å². The van der Waals surface area contributed by atoms with Crippen molar-refractivity contribution in [3.05, 3.63) is 11.8 Å². The first kappa shape index (κ1) is 12.5. The third kappa shape index (κ3) is 4.31. The Balaban J connectivity index is 2.29. The van der Waals surface area contributed by atoms with Crippen LogP contribution in [0.3, 0.4) is 0 Å². The number of hydrogen-bond donors (Lipinski definition) is 3. The van der Waals surface area contributed by atoms with Crippen molar-refractivity contribution < 1.29 is 9.53 Å². The zero-order valence-corrected chi connectivity index (χ0v) is 9.83. The second kappa shape index (κ2) is 4.98. The molecule has 1 heterocycles. The molecule has 1 aromatic rings. The summed E-state index contributed by atoms with van der Waals surface area (Å²) in [5.41, 5.74) is 6.02. The van der Waals surface area contributed by atoms with E-state index >= 15 is 0 Å². The Bertz CT molecular complexity index is 354. The highest BCUT2D eigenvalue weighted by Gasteiger charge is 2.12. The summed E-state index contributed by atoms with van der Waals surface area (Å²) in [6.07, 6.45) is 1.58. The van der Waals surface area contributed by atoms with Gasteiger partial charge in [-0.2, -0.15) is 5.10 Å². The molecule has 0 aliphatic heterocycles. The summed E-state index contributed by atoms with van der Waals surface area (Å²) in [6, 6.07) is 0. The van der Waals surface area contributed by atoms with Crippen molar-refractivity contribution in [2.24, 2.45) is 0 Å². The van der Waals surface area contributed by atoms with Gasteiger partial charge in [0.25, 0.3) is 0 Å². The molecule has 0 radical (unpaired) electrons. The highest BCUT2D eigenvalue weighted by atomic mass is 16.5. The van der Waals surface area contributed by atoms with Gasteiger partial charge in [-0.15, -0.1) is 0 Å². The molecule has 0 saturated heterocycles. The molecule has 0 spiro atoms. The third-order valence-electron chi connectivity index (χ3n) is 1.86. The second-order valence-electron chi connectivity index (χ2n) is 4.49. The van der Waals surface area contributed by atoms with E-state index < -0.39 is 0 Å². The fraction of sp³-hybridized carbons (Fsp3) is 0.600. The first-order valence-corrected chi connectivity index (χ1v) is 5.07. The number of nitrogens with one attached hydrogen (secondary N) is 2. The number of carbonyl (C=O) groups excluding carboxylic acids is 1. The van der Waals surface area contributed by atoms with E-state index in [0.717, 1.165) is 5.56 Å². The maximum Gasteiger partial charge on any atom is 0.246 e. The van der Waals surface area contributed by atoms with E-state index in [0.29, 0.717) is 12.4 Å². The topological polar surface area (TPSA) is 93.0 Å². The summed E-state index contributed by atoms with van der Waals surface area (Å²) in [5.74, 6) is 0.299. The first-order chi connectivity index (χ1) is 7.38. The van der Waals surface area contributed by atoms with Crippen LogP contribution >= 0.6 is 0 Å². The summed E-state index contributed by atoms with van der Waals surface area (Å²) in [7, 11) is 0. The molecular weight excluding hydrogens is 208 g/mol. The molecule has 90 valence electrons. The predicted octanol–water partition coefficient (Wildman–Crippen LogP) is 0.423. The minimum atomic E-state index is -0.313. The predicted molar refractivity (Wildman–Crippen MR) is 60.6 cm³/mol. The quantitative estimate of drug-likeness (QED) is 0.693. The summed E-state index contributed by atoms with van der Waals surface area (Å²) in [6.45, 7) is 6.09. The second-order valence-corrected chi connectivity index (χ2v) is 4.49. The first-order valence-electron chi connectivity index (χ1n) is 5.07. The Kier molecular flexibility index (Phi) is 3.89. The number of aromatic amines is 1. The van der Waals surface area contributed by atoms with Crippen molar-refractivity contribution in [1.82, 2.24) is 15.5 Å². The Morgan fingerprint density at radius 2 is 2.31 bits per heavy atom. The van der Waals surface area contributed by atoms with Gasteiger partial charge in [-0.25, -0.2) is 0 Å². The molecule has 0 aromatic carbocycles. The lowest BCUT2D eigenvalue weighted by atomic mass is 10.2. The monoisotopic (exact) mass is 226 g/mol. The van der Waals surface area contributed by atoms with Crippen LogP contribution in [0.15, 0.2) is 6.20 Å². The maximum atomic E-state index is 11.4. The number of nitrogens with two attached hydrogens (primary N) is 1. The zero-order chi connectivity index (χ0) is 12.2. The minimum Gasteiger partial charge on any atom is -0.384 e. The number of ether oxygens (including phenoxy) is 1. The van der Waals surface area contributed by atoms with Gasteiger partial charge in [-0.1, -0.05) is 0 Å². The van der Waals surface area contributed by atoms with Crippen molar-refractivity contribution in [3.8, 4) is 0 Å². The number of amides is 1. The standard InChI is InChI=1S/C10H18N4O2/c1-10(2,3)16-6-8(15)12-4-7-5-13-14-9(7)11/h5H,4,6H2,1-3H3,(H,12,15)(H3,11,13,14). The molecule has 0 aliphatic carbocycles. The Hall–Kier alpha value is -1.56. The summed E-state index contributed by atoms with van der Waals surface area (Å²) in [5, 5.41) is 9.04. The van der Waals surface area contributed by atoms with Gasteiger partial charge in [0.1, 0.15) is 12.4 Å². The van der Waals surface area contributed by atoms with E-state index in [1.807, 2.05) is 20.8 Å². The highest BCUT2D eigenvalue weighted by molar-refractivity contribution is 5.77. The van der Waals surface area contributed by atoms with Crippen molar-refractivity contribution in [3.63, 3.8) is 0 Å². The van der Waals surface area contributed by atoms with E-state index in [1.54, 1.807) is 6.20 Å². The minimum absolute atomic E-state index is 0.0429. The molecule has 0 aliphatic rings. The van der Waals surface area contributed by atoms with Crippen LogP contribution < -0.4 is 11.1 Å². The molecular formula is C10H18N4O2.